The summed E-state index contributed by atoms with van der Waals surface area (Å²) in [5.41, 5.74) is 5.19. The Morgan fingerprint density at radius 3 is 2.07 bits per heavy atom. The molecule has 26 heteroatoms. The Morgan fingerprint density at radius 1 is 0.889 bits per heavy atom. The van der Waals surface area contributed by atoms with Crippen molar-refractivity contribution < 1.29 is 103 Å². The number of carbonyl (C=O) groups is 6. The van der Waals surface area contributed by atoms with E-state index in [0.29, 0.717) is 17.3 Å². The molecule has 4 aliphatic rings. The molecule has 2 unspecified atom stereocenters. The Bertz CT molecular complexity index is 2130. The van der Waals surface area contributed by atoms with Gasteiger partial charge in [-0.15, -0.1) is 11.8 Å². The Hall–Kier alpha value is -4.65. The zero-order chi connectivity index (χ0) is 54.0. The predicted octanol–water partition coefficient (Wildman–Crippen LogP) is -3.90. The molecule has 72 heavy (non-hydrogen) atoms. The first-order valence-corrected chi connectivity index (χ1v) is 23.9. The van der Waals surface area contributed by atoms with Crippen LogP contribution in [-0.2, 0) is 52.4 Å². The van der Waals surface area contributed by atoms with Gasteiger partial charge in [-0.05, 0) is 38.2 Å². The summed E-state index contributed by atoms with van der Waals surface area (Å²) >= 11 is 0.540. The first kappa shape index (κ1) is 59.9. The maximum absolute atomic E-state index is 14.6. The van der Waals surface area contributed by atoms with Crippen LogP contribution in [0, 0.1) is 11.8 Å². The van der Waals surface area contributed by atoms with Crippen molar-refractivity contribution in [1.29, 1.82) is 0 Å². The van der Waals surface area contributed by atoms with Crippen LogP contribution in [0.1, 0.15) is 47.5 Å². The molecule has 2 heterocycles. The smallest absolute Gasteiger partial charge is 0.405 e. The number of Topliss-reactive ketones (excluding diaryl/α,β-unsaturated/α-hetero) is 2. The van der Waals surface area contributed by atoms with E-state index in [2.05, 4.69) is 16.0 Å². The van der Waals surface area contributed by atoms with Gasteiger partial charge in [0.2, 0.25) is 23.4 Å². The molecule has 2 bridgehead atoms. The summed E-state index contributed by atoms with van der Waals surface area (Å²) in [5, 5.41) is 103. The van der Waals surface area contributed by atoms with Gasteiger partial charge >= 0.3 is 6.09 Å². The molecule has 2 fully saturated rings. The van der Waals surface area contributed by atoms with Gasteiger partial charge in [0.05, 0.1) is 30.8 Å². The first-order chi connectivity index (χ1) is 33.8. The molecule has 2 aliphatic carbocycles. The first-order valence-electron chi connectivity index (χ1n) is 22.9. The van der Waals surface area contributed by atoms with E-state index in [1.807, 2.05) is 0 Å². The Balaban J connectivity index is 1.76. The van der Waals surface area contributed by atoms with E-state index in [4.69, 9.17) is 34.2 Å². The van der Waals surface area contributed by atoms with Gasteiger partial charge in [-0.1, -0.05) is 38.2 Å². The Morgan fingerprint density at radius 2 is 1.51 bits per heavy atom. The fourth-order valence-corrected chi connectivity index (χ4v) is 9.76. The van der Waals surface area contributed by atoms with Crippen LogP contribution in [0.2, 0.25) is 0 Å². The van der Waals surface area contributed by atoms with Crippen molar-refractivity contribution in [2.45, 2.75) is 145 Å². The van der Waals surface area contributed by atoms with E-state index in [1.54, 1.807) is 26.8 Å². The van der Waals surface area contributed by atoms with Crippen LogP contribution in [0.5, 0.6) is 0 Å². The number of thioether (sulfide) groups is 1. The van der Waals surface area contributed by atoms with E-state index in [9.17, 15) is 74.7 Å². The van der Waals surface area contributed by atoms with Gasteiger partial charge in [0.1, 0.15) is 78.8 Å². The van der Waals surface area contributed by atoms with Gasteiger partial charge < -0.3 is 96.1 Å². The zero-order valence-corrected chi connectivity index (χ0v) is 41.8. The number of aliphatic hydroxyl groups excluding tert-OH is 9. The largest absolute Gasteiger partial charge is 0.492 e. The fourth-order valence-electron chi connectivity index (χ4n) is 8.68. The number of primary amides is 1. The highest BCUT2D eigenvalue weighted by Crippen LogP contribution is 2.36. The van der Waals surface area contributed by atoms with Crippen LogP contribution < -0.4 is 21.7 Å². The number of nitrogens with two attached hydrogens (primary N) is 1. The number of ketones is 2. The standard InChI is InChI=1S/C46H68N4O21S/c1-17-12-22-30(54)27(49-43(63)18(2)10-9-11-24(66-6)39(71-46(47)65)20(4)14-19(3)29(53)25(13-17)67-7)42(38(62)40(22)68-8)72-16-23(48-21(5)52)44(64)50-28-32(56)31(55)26(15-51)69-45(28)70-41-36(60)34(58)33(57)35(59)37(41)61/h9-11,14,17,19,23-26,28-29,31-37,39,41,45,51,53,55-61H,12-13,15-16H2,1-8H3,(H2,47,65)(H,48,52)(H,49,63)(H,50,64)/b11-9+,18-10-,20-14-/t17-,19+,23+,24+,25+,26-,28-,29+,31-,32-,33?,34-,35+,36-,37-,39+,41?,45-/m1/s1. The van der Waals surface area contributed by atoms with Gasteiger partial charge in [-0.2, -0.15) is 0 Å². The number of carbonyl (C=O) groups excluding carboxylic acids is 6. The van der Waals surface area contributed by atoms with E-state index in [0.717, 1.165) is 14.0 Å². The lowest BCUT2D eigenvalue weighted by Gasteiger charge is -2.47. The average Bonchev–Trinajstić information content (AvgIpc) is 3.33. The van der Waals surface area contributed by atoms with E-state index in [1.165, 1.54) is 39.4 Å². The third-order valence-corrected chi connectivity index (χ3v) is 13.9. The normalized spacial score (nSPS) is 37.8. The maximum Gasteiger partial charge on any atom is 0.405 e. The monoisotopic (exact) mass is 1040 g/mol. The lowest BCUT2D eigenvalue weighted by molar-refractivity contribution is -0.319. The SMILES string of the molecule is COC1=C2C[C@@H](C)C[C@H](OC)[C@@H](O)[C@@H](C)/C=C(/C)[C@H](OC(N)=O)[C@@H](OC)/C=C/C=C(/C)C(=O)NC(=C(SC[C@H](NC(C)=O)C(=O)N[C@H]3[C@@H](OC4[C@H](O)[C@H](O)C(O)[C@H](O)[C@H]4O)O[C@H](CO)[C@@H](O)[C@@H]3O)C1=O)C2=O. The quantitative estimate of drug-likeness (QED) is 0.0619. The molecule has 4 amide bonds. The van der Waals surface area contributed by atoms with Gasteiger partial charge in [0, 0.05) is 44.0 Å². The zero-order valence-electron chi connectivity index (χ0n) is 40.9. The summed E-state index contributed by atoms with van der Waals surface area (Å²) in [5.74, 6) is -6.68. The molecule has 0 radical (unpaired) electrons. The van der Waals surface area contributed by atoms with E-state index in [-0.39, 0.29) is 24.0 Å². The lowest BCUT2D eigenvalue weighted by Crippen LogP contribution is -2.69. The van der Waals surface area contributed by atoms with Gasteiger partial charge in [-0.3, -0.25) is 24.0 Å². The van der Waals surface area contributed by atoms with E-state index >= 15 is 0 Å². The molecule has 18 atom stereocenters. The summed E-state index contributed by atoms with van der Waals surface area (Å²) < 4.78 is 33.5. The maximum atomic E-state index is 14.6. The number of aliphatic hydroxyl groups is 9. The highest BCUT2D eigenvalue weighted by Gasteiger charge is 2.53. The number of hydrogen-bond donors (Lipinski definition) is 13. The summed E-state index contributed by atoms with van der Waals surface area (Å²) in [7, 11) is 3.87. The summed E-state index contributed by atoms with van der Waals surface area (Å²) in [6.07, 6.45) is -19.1. The summed E-state index contributed by atoms with van der Waals surface area (Å²) in [6.45, 7) is 6.60. The van der Waals surface area contributed by atoms with Crippen molar-refractivity contribution in [1.82, 2.24) is 16.0 Å². The molecule has 4 rings (SSSR count). The Labute approximate surface area is 419 Å². The highest BCUT2D eigenvalue weighted by atomic mass is 32.2. The Kier molecular flexibility index (Phi) is 22.1. The summed E-state index contributed by atoms with van der Waals surface area (Å²) in [4.78, 5) is 81.3. The summed E-state index contributed by atoms with van der Waals surface area (Å²) in [6, 6.07) is -3.54. The number of methoxy groups -OCH3 is 3. The topological polar surface area (TPSA) is 402 Å². The van der Waals surface area contributed by atoms with Crippen molar-refractivity contribution in [3.05, 3.63) is 57.4 Å². The van der Waals surface area contributed by atoms with Crippen LogP contribution in [0.3, 0.4) is 0 Å². The second-order valence-electron chi connectivity index (χ2n) is 18.1. The molecule has 0 spiro atoms. The third kappa shape index (κ3) is 14.1. The van der Waals surface area contributed by atoms with Gasteiger partial charge in [0.15, 0.2) is 18.2 Å². The van der Waals surface area contributed by atoms with Crippen molar-refractivity contribution in [3.8, 4) is 0 Å². The molecule has 14 N–H and O–H groups in total. The van der Waals surface area contributed by atoms with Crippen molar-refractivity contribution in [2.24, 2.45) is 17.6 Å². The predicted molar refractivity (Wildman–Crippen MR) is 250 cm³/mol. The second kappa shape index (κ2) is 26.5. The van der Waals surface area contributed by atoms with E-state index < -0.39 is 174 Å². The van der Waals surface area contributed by atoms with Crippen LogP contribution in [0.15, 0.2) is 57.4 Å². The number of fused-ring (bicyclic) bond motifs is 2. The molecule has 0 aromatic rings. The van der Waals surface area contributed by atoms with Crippen molar-refractivity contribution >= 4 is 47.1 Å². The molecule has 0 aromatic carbocycles. The van der Waals surface area contributed by atoms with Gasteiger partial charge in [-0.25, -0.2) is 4.79 Å². The number of amides is 4. The molecule has 1 saturated carbocycles. The van der Waals surface area contributed by atoms with Crippen LogP contribution >= 0.6 is 11.8 Å². The molecule has 404 valence electrons. The van der Waals surface area contributed by atoms with Gasteiger partial charge in [0.25, 0.3) is 5.91 Å². The molecule has 0 aromatic heterocycles. The number of hydrogen-bond acceptors (Lipinski definition) is 22. The molecular weight excluding hydrogens is 977 g/mol. The van der Waals surface area contributed by atoms with Crippen LogP contribution in [0.25, 0.3) is 0 Å². The second-order valence-corrected chi connectivity index (χ2v) is 19.1. The van der Waals surface area contributed by atoms with Crippen molar-refractivity contribution in [3.63, 3.8) is 0 Å². The minimum absolute atomic E-state index is 0.00788. The minimum atomic E-state index is -2.09. The average molecular weight is 1050 g/mol. The fraction of sp³-hybridized carbons (Fsp3) is 0.652. The minimum Gasteiger partial charge on any atom is -0.492 e. The number of nitrogens with one attached hydrogen (secondary N) is 3. The van der Waals surface area contributed by atoms with Crippen LogP contribution in [-0.4, -0.2) is 213 Å². The molecule has 2 aliphatic heterocycles. The number of ether oxygens (including phenoxy) is 6. The van der Waals surface area contributed by atoms with Crippen molar-refractivity contribution in [2.75, 3.05) is 33.7 Å². The number of rotatable bonds is 13. The molecule has 25 nitrogen and oxygen atoms in total. The van der Waals surface area contributed by atoms with Crippen LogP contribution in [0.4, 0.5) is 4.79 Å². The lowest BCUT2D eigenvalue weighted by atomic mass is 9.84. The highest BCUT2D eigenvalue weighted by molar-refractivity contribution is 8.04. The number of allylic oxidation sites excluding steroid dienone is 4. The third-order valence-electron chi connectivity index (χ3n) is 12.7. The molecular formula is C46H68N4O21S. The molecule has 1 saturated heterocycles.